The summed E-state index contributed by atoms with van der Waals surface area (Å²) in [6.07, 6.45) is 2.52. The summed E-state index contributed by atoms with van der Waals surface area (Å²) < 4.78 is 16.0. The van der Waals surface area contributed by atoms with E-state index in [4.69, 9.17) is 14.2 Å². The number of hydrogen-bond donors (Lipinski definition) is 2. The minimum Gasteiger partial charge on any atom is -0.496 e. The van der Waals surface area contributed by atoms with Crippen molar-refractivity contribution in [1.82, 2.24) is 10.6 Å². The monoisotopic (exact) mass is 370 g/mol. The van der Waals surface area contributed by atoms with Crippen LogP contribution in [0.3, 0.4) is 0 Å². The molecule has 6 heteroatoms. The van der Waals surface area contributed by atoms with Crippen LogP contribution < -0.4 is 24.8 Å². The van der Waals surface area contributed by atoms with Crippen LogP contribution in [0.1, 0.15) is 24.0 Å². The Balaban J connectivity index is 1.57. The van der Waals surface area contributed by atoms with Gasteiger partial charge in [-0.1, -0.05) is 24.3 Å². The van der Waals surface area contributed by atoms with E-state index in [9.17, 15) is 4.79 Å². The Kier molecular flexibility index (Phi) is 5.74. The first-order valence-corrected chi connectivity index (χ1v) is 9.02. The third kappa shape index (κ3) is 4.27. The lowest BCUT2D eigenvalue weighted by molar-refractivity contribution is 0.236. The van der Waals surface area contributed by atoms with Gasteiger partial charge in [0.1, 0.15) is 5.75 Å². The minimum atomic E-state index is -0.325. The van der Waals surface area contributed by atoms with Gasteiger partial charge in [-0.15, -0.1) is 0 Å². The molecule has 0 spiro atoms. The summed E-state index contributed by atoms with van der Waals surface area (Å²) in [4.78, 5) is 12.4. The number of rotatable bonds is 8. The molecular weight excluding hydrogens is 344 g/mol. The summed E-state index contributed by atoms with van der Waals surface area (Å²) in [6, 6.07) is 13.4. The van der Waals surface area contributed by atoms with Gasteiger partial charge in [-0.3, -0.25) is 0 Å². The van der Waals surface area contributed by atoms with Gasteiger partial charge in [-0.2, -0.15) is 0 Å². The molecule has 0 radical (unpaired) electrons. The SMILES string of the molecule is COc1ccccc1CCNC(=O)NC1(c2ccc(OC)c(OC)c2)CC1. The first-order chi connectivity index (χ1) is 13.1. The molecule has 0 aliphatic heterocycles. The smallest absolute Gasteiger partial charge is 0.315 e. The van der Waals surface area contributed by atoms with Gasteiger partial charge in [0.25, 0.3) is 0 Å². The highest BCUT2D eigenvalue weighted by Crippen LogP contribution is 2.47. The lowest BCUT2D eigenvalue weighted by Gasteiger charge is -2.20. The number of hydrogen-bond acceptors (Lipinski definition) is 4. The molecule has 0 saturated heterocycles. The fourth-order valence-corrected chi connectivity index (χ4v) is 3.23. The standard InChI is InChI=1S/C21H26N2O4/c1-25-17-7-5-4-6-15(17)10-13-22-20(24)23-21(11-12-21)16-8-9-18(26-2)19(14-16)27-3/h4-9,14H,10-13H2,1-3H3,(H2,22,23,24). The van der Waals surface area contributed by atoms with Gasteiger partial charge in [-0.25, -0.2) is 4.79 Å². The van der Waals surface area contributed by atoms with Crippen LogP contribution in [0.15, 0.2) is 42.5 Å². The second kappa shape index (κ2) is 8.20. The molecule has 6 nitrogen and oxygen atoms in total. The summed E-state index contributed by atoms with van der Waals surface area (Å²) in [5, 5.41) is 6.05. The number of para-hydroxylation sites is 1. The molecule has 0 bridgehead atoms. The van der Waals surface area contributed by atoms with Crippen molar-refractivity contribution >= 4 is 6.03 Å². The van der Waals surface area contributed by atoms with Crippen LogP contribution in [-0.2, 0) is 12.0 Å². The maximum atomic E-state index is 12.4. The lowest BCUT2D eigenvalue weighted by Crippen LogP contribution is -2.42. The largest absolute Gasteiger partial charge is 0.496 e. The van der Waals surface area contributed by atoms with E-state index in [2.05, 4.69) is 10.6 Å². The summed E-state index contributed by atoms with van der Waals surface area (Å²) in [5.41, 5.74) is 1.77. The van der Waals surface area contributed by atoms with E-state index in [1.807, 2.05) is 42.5 Å². The Hall–Kier alpha value is -2.89. The zero-order valence-electron chi connectivity index (χ0n) is 16.0. The fourth-order valence-electron chi connectivity index (χ4n) is 3.23. The number of urea groups is 1. The van der Waals surface area contributed by atoms with Crippen LogP contribution in [0.5, 0.6) is 17.2 Å². The molecule has 3 rings (SSSR count). The molecule has 2 aromatic rings. The molecule has 2 aromatic carbocycles. The van der Waals surface area contributed by atoms with E-state index in [-0.39, 0.29) is 11.6 Å². The van der Waals surface area contributed by atoms with Crippen LogP contribution in [0.4, 0.5) is 4.79 Å². The van der Waals surface area contributed by atoms with Crippen molar-refractivity contribution in [2.45, 2.75) is 24.8 Å². The van der Waals surface area contributed by atoms with Crippen LogP contribution >= 0.6 is 0 Å². The van der Waals surface area contributed by atoms with Crippen LogP contribution in [0.2, 0.25) is 0 Å². The molecule has 1 saturated carbocycles. The molecule has 2 N–H and O–H groups in total. The lowest BCUT2D eigenvalue weighted by atomic mass is 10.0. The second-order valence-corrected chi connectivity index (χ2v) is 6.59. The van der Waals surface area contributed by atoms with E-state index in [1.165, 1.54) is 0 Å². The number of amides is 2. The Morgan fingerprint density at radius 2 is 1.67 bits per heavy atom. The van der Waals surface area contributed by atoms with Gasteiger partial charge >= 0.3 is 6.03 Å². The molecule has 1 aliphatic rings. The highest BCUT2D eigenvalue weighted by molar-refractivity contribution is 5.75. The van der Waals surface area contributed by atoms with Gasteiger partial charge in [0, 0.05) is 6.54 Å². The summed E-state index contributed by atoms with van der Waals surface area (Å²) >= 11 is 0. The summed E-state index contributed by atoms with van der Waals surface area (Å²) in [6.45, 7) is 0.536. The van der Waals surface area contributed by atoms with Gasteiger partial charge in [0.2, 0.25) is 0 Å². The highest BCUT2D eigenvalue weighted by Gasteiger charge is 2.46. The molecular formula is C21H26N2O4. The second-order valence-electron chi connectivity index (χ2n) is 6.59. The molecule has 0 aromatic heterocycles. The van der Waals surface area contributed by atoms with Gasteiger partial charge in [-0.05, 0) is 48.6 Å². The average molecular weight is 370 g/mol. The van der Waals surface area contributed by atoms with Gasteiger partial charge in [0.05, 0.1) is 26.9 Å². The average Bonchev–Trinajstić information content (AvgIpc) is 3.48. The molecule has 1 aliphatic carbocycles. The van der Waals surface area contributed by atoms with Crippen molar-refractivity contribution in [2.24, 2.45) is 0 Å². The van der Waals surface area contributed by atoms with E-state index in [1.54, 1.807) is 21.3 Å². The number of methoxy groups -OCH3 is 3. The van der Waals surface area contributed by atoms with Gasteiger partial charge < -0.3 is 24.8 Å². The molecule has 27 heavy (non-hydrogen) atoms. The maximum absolute atomic E-state index is 12.4. The van der Waals surface area contributed by atoms with Crippen molar-refractivity contribution < 1.29 is 19.0 Å². The molecule has 2 amide bonds. The number of ether oxygens (including phenoxy) is 3. The van der Waals surface area contributed by atoms with E-state index >= 15 is 0 Å². The van der Waals surface area contributed by atoms with Crippen LogP contribution in [-0.4, -0.2) is 33.9 Å². The van der Waals surface area contributed by atoms with Crippen molar-refractivity contribution in [3.05, 3.63) is 53.6 Å². The number of carbonyl (C=O) groups is 1. The van der Waals surface area contributed by atoms with Crippen molar-refractivity contribution in [2.75, 3.05) is 27.9 Å². The number of nitrogens with one attached hydrogen (secondary N) is 2. The van der Waals surface area contributed by atoms with Crippen molar-refractivity contribution in [3.63, 3.8) is 0 Å². The fraction of sp³-hybridized carbons (Fsp3) is 0.381. The first kappa shape index (κ1) is 18.9. The molecule has 0 unspecified atom stereocenters. The first-order valence-electron chi connectivity index (χ1n) is 9.02. The van der Waals surface area contributed by atoms with Crippen LogP contribution in [0, 0.1) is 0 Å². The third-order valence-electron chi connectivity index (χ3n) is 4.91. The highest BCUT2D eigenvalue weighted by atomic mass is 16.5. The zero-order chi connectivity index (χ0) is 19.3. The van der Waals surface area contributed by atoms with E-state index < -0.39 is 0 Å². The third-order valence-corrected chi connectivity index (χ3v) is 4.91. The topological polar surface area (TPSA) is 68.8 Å². The van der Waals surface area contributed by atoms with Crippen molar-refractivity contribution in [1.29, 1.82) is 0 Å². The number of carbonyl (C=O) groups excluding carboxylic acids is 1. The number of benzene rings is 2. The summed E-state index contributed by atoms with van der Waals surface area (Å²) in [7, 11) is 4.87. The predicted molar refractivity (Wildman–Crippen MR) is 104 cm³/mol. The quantitative estimate of drug-likeness (QED) is 0.748. The minimum absolute atomic E-state index is 0.169. The zero-order valence-corrected chi connectivity index (χ0v) is 16.0. The van der Waals surface area contributed by atoms with Gasteiger partial charge in [0.15, 0.2) is 11.5 Å². The Bertz CT molecular complexity index is 803. The Labute approximate surface area is 159 Å². The molecule has 0 heterocycles. The summed E-state index contributed by atoms with van der Waals surface area (Å²) in [5.74, 6) is 2.18. The van der Waals surface area contributed by atoms with E-state index in [0.29, 0.717) is 24.5 Å². The predicted octanol–water partition coefficient (Wildman–Crippen LogP) is 3.24. The van der Waals surface area contributed by atoms with Crippen molar-refractivity contribution in [3.8, 4) is 17.2 Å². The Morgan fingerprint density at radius 3 is 2.33 bits per heavy atom. The normalized spacial score (nSPS) is 14.2. The van der Waals surface area contributed by atoms with Crippen LogP contribution in [0.25, 0.3) is 0 Å². The van der Waals surface area contributed by atoms with E-state index in [0.717, 1.165) is 29.7 Å². The molecule has 144 valence electrons. The molecule has 1 fully saturated rings. The maximum Gasteiger partial charge on any atom is 0.315 e. The Morgan fingerprint density at radius 1 is 0.963 bits per heavy atom. The molecule has 0 atom stereocenters.